The van der Waals surface area contributed by atoms with Crippen LogP contribution in [0.3, 0.4) is 0 Å². The largest absolute Gasteiger partial charge is 0.436 e. The SMILES string of the molecule is O=S(=O)(Nc1cccc2oc(-c3ccncc3)nc12)c1ccc(Cl)cc1. The van der Waals surface area contributed by atoms with E-state index in [1.807, 2.05) is 0 Å². The molecule has 0 aliphatic heterocycles. The lowest BCUT2D eigenvalue weighted by atomic mass is 10.3. The molecule has 0 fully saturated rings. The van der Waals surface area contributed by atoms with Crippen LogP contribution in [-0.2, 0) is 10.0 Å². The number of nitrogens with zero attached hydrogens (tertiary/aromatic N) is 2. The molecule has 2 aromatic carbocycles. The first-order valence-electron chi connectivity index (χ1n) is 7.61. The van der Waals surface area contributed by atoms with Crippen molar-refractivity contribution in [3.8, 4) is 11.5 Å². The first kappa shape index (κ1) is 16.6. The maximum Gasteiger partial charge on any atom is 0.261 e. The third-order valence-electron chi connectivity index (χ3n) is 3.71. The maximum absolute atomic E-state index is 12.6. The Balaban J connectivity index is 1.75. The van der Waals surface area contributed by atoms with E-state index in [2.05, 4.69) is 14.7 Å². The molecule has 1 N–H and O–H groups in total. The molecule has 26 heavy (non-hydrogen) atoms. The predicted molar refractivity (Wildman–Crippen MR) is 99.5 cm³/mol. The number of aromatic nitrogens is 2. The number of hydrogen-bond acceptors (Lipinski definition) is 5. The van der Waals surface area contributed by atoms with E-state index in [9.17, 15) is 8.42 Å². The number of sulfonamides is 1. The lowest BCUT2D eigenvalue weighted by molar-refractivity contribution is 0.601. The Labute approximate surface area is 154 Å². The molecule has 0 spiro atoms. The summed E-state index contributed by atoms with van der Waals surface area (Å²) in [6.45, 7) is 0. The second-order valence-corrected chi connectivity index (χ2v) is 7.59. The highest BCUT2D eigenvalue weighted by atomic mass is 35.5. The highest BCUT2D eigenvalue weighted by molar-refractivity contribution is 7.92. The third kappa shape index (κ3) is 3.14. The number of hydrogen-bond donors (Lipinski definition) is 1. The molecule has 130 valence electrons. The fraction of sp³-hybridized carbons (Fsp3) is 0. The van der Waals surface area contributed by atoms with Gasteiger partial charge in [-0.2, -0.15) is 0 Å². The second kappa shape index (κ2) is 6.44. The van der Waals surface area contributed by atoms with Crippen molar-refractivity contribution in [2.24, 2.45) is 0 Å². The molecular weight excluding hydrogens is 374 g/mol. The highest BCUT2D eigenvalue weighted by Gasteiger charge is 2.18. The number of anilines is 1. The summed E-state index contributed by atoms with van der Waals surface area (Å²) in [6, 6.07) is 14.5. The average Bonchev–Trinajstić information content (AvgIpc) is 3.08. The number of pyridine rings is 1. The van der Waals surface area contributed by atoms with Crippen LogP contribution in [0.2, 0.25) is 5.02 Å². The molecule has 0 saturated heterocycles. The van der Waals surface area contributed by atoms with E-state index in [0.717, 1.165) is 5.56 Å². The number of nitrogens with one attached hydrogen (secondary N) is 1. The average molecular weight is 386 g/mol. The normalized spacial score (nSPS) is 11.6. The van der Waals surface area contributed by atoms with E-state index in [4.69, 9.17) is 16.0 Å². The molecule has 0 radical (unpaired) electrons. The second-order valence-electron chi connectivity index (χ2n) is 5.47. The first-order valence-corrected chi connectivity index (χ1v) is 9.47. The summed E-state index contributed by atoms with van der Waals surface area (Å²) < 4.78 is 33.5. The van der Waals surface area contributed by atoms with E-state index in [1.165, 1.54) is 24.3 Å². The number of halogens is 1. The molecule has 0 bridgehead atoms. The molecule has 0 aliphatic carbocycles. The van der Waals surface area contributed by atoms with Crippen LogP contribution in [0.15, 0.2) is 76.3 Å². The zero-order valence-corrected chi connectivity index (χ0v) is 14.8. The lowest BCUT2D eigenvalue weighted by Crippen LogP contribution is -2.13. The van der Waals surface area contributed by atoms with Crippen LogP contribution in [0, 0.1) is 0 Å². The third-order valence-corrected chi connectivity index (χ3v) is 5.35. The molecule has 4 rings (SSSR count). The van der Waals surface area contributed by atoms with E-state index in [0.29, 0.717) is 27.7 Å². The van der Waals surface area contributed by atoms with E-state index >= 15 is 0 Å². The quantitative estimate of drug-likeness (QED) is 0.564. The molecule has 0 saturated carbocycles. The zero-order chi connectivity index (χ0) is 18.1. The highest BCUT2D eigenvalue weighted by Crippen LogP contribution is 2.30. The fourth-order valence-electron chi connectivity index (χ4n) is 2.47. The molecule has 8 heteroatoms. The number of oxazole rings is 1. The summed E-state index contributed by atoms with van der Waals surface area (Å²) in [7, 11) is -3.78. The molecule has 0 atom stereocenters. The summed E-state index contributed by atoms with van der Waals surface area (Å²) in [5.41, 5.74) is 1.99. The summed E-state index contributed by atoms with van der Waals surface area (Å²) in [6.07, 6.45) is 3.27. The first-order chi connectivity index (χ1) is 12.5. The topological polar surface area (TPSA) is 85.1 Å². The van der Waals surface area contributed by atoms with Crippen LogP contribution in [-0.4, -0.2) is 18.4 Å². The van der Waals surface area contributed by atoms with Gasteiger partial charge in [0.15, 0.2) is 5.58 Å². The van der Waals surface area contributed by atoms with Crippen molar-refractivity contribution in [2.45, 2.75) is 4.90 Å². The Bertz CT molecular complexity index is 1170. The fourth-order valence-corrected chi connectivity index (χ4v) is 3.66. The number of rotatable bonds is 4. The van der Waals surface area contributed by atoms with E-state index in [1.54, 1.807) is 42.7 Å². The van der Waals surface area contributed by atoms with Gasteiger partial charge in [-0.3, -0.25) is 9.71 Å². The Morgan fingerprint density at radius 3 is 2.42 bits per heavy atom. The van der Waals surface area contributed by atoms with Crippen molar-refractivity contribution in [1.29, 1.82) is 0 Å². The van der Waals surface area contributed by atoms with Crippen molar-refractivity contribution in [3.05, 3.63) is 72.0 Å². The van der Waals surface area contributed by atoms with Gasteiger partial charge in [0, 0.05) is 23.0 Å². The predicted octanol–water partition coefficient (Wildman–Crippen LogP) is 4.34. The van der Waals surface area contributed by atoms with E-state index < -0.39 is 10.0 Å². The zero-order valence-electron chi connectivity index (χ0n) is 13.3. The Morgan fingerprint density at radius 2 is 1.69 bits per heavy atom. The van der Waals surface area contributed by atoms with Crippen LogP contribution >= 0.6 is 11.6 Å². The Hall–Kier alpha value is -2.90. The molecule has 4 aromatic rings. The minimum Gasteiger partial charge on any atom is -0.436 e. The number of benzene rings is 2. The van der Waals surface area contributed by atoms with Gasteiger partial charge < -0.3 is 4.42 Å². The van der Waals surface area contributed by atoms with Gasteiger partial charge in [0.05, 0.1) is 10.6 Å². The Morgan fingerprint density at radius 1 is 0.962 bits per heavy atom. The van der Waals surface area contributed by atoms with Gasteiger partial charge in [0.25, 0.3) is 10.0 Å². The van der Waals surface area contributed by atoms with Gasteiger partial charge in [0.2, 0.25) is 5.89 Å². The van der Waals surface area contributed by atoms with Crippen molar-refractivity contribution < 1.29 is 12.8 Å². The maximum atomic E-state index is 12.6. The standard InChI is InChI=1S/C18H12ClN3O3S/c19-13-4-6-14(7-5-13)26(23,24)22-15-2-1-3-16-17(15)21-18(25-16)12-8-10-20-11-9-12/h1-11,22H. The van der Waals surface area contributed by atoms with Crippen molar-refractivity contribution in [3.63, 3.8) is 0 Å². The summed E-state index contributed by atoms with van der Waals surface area (Å²) in [4.78, 5) is 8.50. The minimum atomic E-state index is -3.78. The van der Waals surface area contributed by atoms with Crippen molar-refractivity contribution in [2.75, 3.05) is 4.72 Å². The number of para-hydroxylation sites is 1. The molecular formula is C18H12ClN3O3S. The monoisotopic (exact) mass is 385 g/mol. The van der Waals surface area contributed by atoms with Crippen LogP contribution in [0.25, 0.3) is 22.6 Å². The summed E-state index contributed by atoms with van der Waals surface area (Å²) >= 11 is 5.82. The number of fused-ring (bicyclic) bond motifs is 1. The smallest absolute Gasteiger partial charge is 0.261 e. The van der Waals surface area contributed by atoms with E-state index in [-0.39, 0.29) is 4.90 Å². The molecule has 0 amide bonds. The van der Waals surface area contributed by atoms with Gasteiger partial charge in [-0.15, -0.1) is 0 Å². The molecule has 2 aromatic heterocycles. The molecule has 2 heterocycles. The summed E-state index contributed by atoms with van der Waals surface area (Å²) in [5, 5.41) is 0.463. The minimum absolute atomic E-state index is 0.108. The van der Waals surface area contributed by atoms with Gasteiger partial charge in [-0.05, 0) is 48.5 Å². The van der Waals surface area contributed by atoms with Gasteiger partial charge in [-0.25, -0.2) is 13.4 Å². The van der Waals surface area contributed by atoms with Crippen molar-refractivity contribution >= 4 is 38.4 Å². The van der Waals surface area contributed by atoms with Crippen LogP contribution < -0.4 is 4.72 Å². The molecule has 6 nitrogen and oxygen atoms in total. The van der Waals surface area contributed by atoms with Gasteiger partial charge in [-0.1, -0.05) is 17.7 Å². The van der Waals surface area contributed by atoms with Crippen LogP contribution in [0.5, 0.6) is 0 Å². The molecule has 0 aliphatic rings. The van der Waals surface area contributed by atoms with Gasteiger partial charge in [0.1, 0.15) is 5.52 Å². The van der Waals surface area contributed by atoms with Crippen LogP contribution in [0.4, 0.5) is 5.69 Å². The van der Waals surface area contributed by atoms with Gasteiger partial charge >= 0.3 is 0 Å². The Kier molecular flexibility index (Phi) is 4.10. The molecule has 0 unspecified atom stereocenters. The van der Waals surface area contributed by atoms with Crippen LogP contribution in [0.1, 0.15) is 0 Å². The summed E-state index contributed by atoms with van der Waals surface area (Å²) in [5.74, 6) is 0.389. The van der Waals surface area contributed by atoms with Crippen molar-refractivity contribution in [1.82, 2.24) is 9.97 Å². The lowest BCUT2D eigenvalue weighted by Gasteiger charge is -2.08.